The SMILES string of the molecule is C=C(c1cnco1)N1CCN(C(C)C)CC1. The summed E-state index contributed by atoms with van der Waals surface area (Å²) in [6.07, 6.45) is 3.17. The molecule has 0 aliphatic carbocycles. The molecule has 0 radical (unpaired) electrons. The Kier molecular flexibility index (Phi) is 3.29. The molecule has 1 aliphatic rings. The first kappa shape index (κ1) is 11.2. The van der Waals surface area contributed by atoms with Crippen LogP contribution in [-0.4, -0.2) is 47.0 Å². The van der Waals surface area contributed by atoms with Crippen molar-refractivity contribution in [1.29, 1.82) is 0 Å². The van der Waals surface area contributed by atoms with E-state index in [2.05, 4.69) is 35.2 Å². The standard InChI is InChI=1S/C12H19N3O/c1-10(2)14-4-6-15(7-5-14)11(3)12-8-13-9-16-12/h8-10H,3-7H2,1-2H3. The molecule has 1 aromatic heterocycles. The molecule has 0 amide bonds. The van der Waals surface area contributed by atoms with E-state index in [1.54, 1.807) is 6.20 Å². The molecule has 88 valence electrons. The number of nitrogens with zero attached hydrogens (tertiary/aromatic N) is 3. The van der Waals surface area contributed by atoms with E-state index in [0.717, 1.165) is 37.6 Å². The van der Waals surface area contributed by atoms with Crippen LogP contribution in [0.5, 0.6) is 0 Å². The van der Waals surface area contributed by atoms with E-state index < -0.39 is 0 Å². The molecule has 1 aliphatic heterocycles. The summed E-state index contributed by atoms with van der Waals surface area (Å²) in [6, 6.07) is 0.626. The molecule has 0 unspecified atom stereocenters. The second-order valence-electron chi connectivity index (χ2n) is 4.43. The van der Waals surface area contributed by atoms with Gasteiger partial charge in [-0.3, -0.25) is 4.90 Å². The van der Waals surface area contributed by atoms with Crippen molar-refractivity contribution in [3.63, 3.8) is 0 Å². The van der Waals surface area contributed by atoms with Gasteiger partial charge in [-0.1, -0.05) is 6.58 Å². The minimum absolute atomic E-state index is 0.626. The molecule has 16 heavy (non-hydrogen) atoms. The monoisotopic (exact) mass is 221 g/mol. The smallest absolute Gasteiger partial charge is 0.181 e. The Morgan fingerprint density at radius 2 is 2.06 bits per heavy atom. The number of hydrogen-bond donors (Lipinski definition) is 0. The third-order valence-electron chi connectivity index (χ3n) is 3.14. The largest absolute Gasteiger partial charge is 0.442 e. The lowest BCUT2D eigenvalue weighted by Gasteiger charge is -2.38. The Balaban J connectivity index is 1.92. The predicted molar refractivity (Wildman–Crippen MR) is 63.8 cm³/mol. The van der Waals surface area contributed by atoms with E-state index in [4.69, 9.17) is 4.42 Å². The lowest BCUT2D eigenvalue weighted by atomic mass is 10.2. The summed E-state index contributed by atoms with van der Waals surface area (Å²) in [6.45, 7) is 12.7. The van der Waals surface area contributed by atoms with Crippen molar-refractivity contribution in [2.45, 2.75) is 19.9 Å². The van der Waals surface area contributed by atoms with Gasteiger partial charge in [-0.05, 0) is 13.8 Å². The summed E-state index contributed by atoms with van der Waals surface area (Å²) in [5, 5.41) is 0. The highest BCUT2D eigenvalue weighted by Gasteiger charge is 2.21. The van der Waals surface area contributed by atoms with Crippen LogP contribution in [0.3, 0.4) is 0 Å². The molecule has 0 saturated carbocycles. The van der Waals surface area contributed by atoms with Crippen molar-refractivity contribution in [2.24, 2.45) is 0 Å². The number of aromatic nitrogens is 1. The molecule has 1 aromatic rings. The number of oxazole rings is 1. The Bertz CT molecular complexity index is 337. The second-order valence-corrected chi connectivity index (χ2v) is 4.43. The average molecular weight is 221 g/mol. The van der Waals surface area contributed by atoms with Gasteiger partial charge in [-0.15, -0.1) is 0 Å². The summed E-state index contributed by atoms with van der Waals surface area (Å²) in [5.74, 6) is 0.776. The molecule has 0 atom stereocenters. The van der Waals surface area contributed by atoms with Crippen LogP contribution in [0.4, 0.5) is 0 Å². The van der Waals surface area contributed by atoms with E-state index in [1.807, 2.05) is 0 Å². The molecular weight excluding hydrogens is 202 g/mol. The van der Waals surface area contributed by atoms with E-state index in [1.165, 1.54) is 6.39 Å². The van der Waals surface area contributed by atoms with Crippen LogP contribution in [0.15, 0.2) is 23.6 Å². The van der Waals surface area contributed by atoms with Crippen molar-refractivity contribution in [3.8, 4) is 0 Å². The molecule has 2 heterocycles. The van der Waals surface area contributed by atoms with Gasteiger partial charge in [0.2, 0.25) is 0 Å². The average Bonchev–Trinajstić information content (AvgIpc) is 2.81. The van der Waals surface area contributed by atoms with Crippen LogP contribution in [0.2, 0.25) is 0 Å². The summed E-state index contributed by atoms with van der Waals surface area (Å²) in [4.78, 5) is 8.66. The topological polar surface area (TPSA) is 32.5 Å². The first-order valence-corrected chi connectivity index (χ1v) is 5.75. The molecule has 2 rings (SSSR count). The molecule has 0 N–H and O–H groups in total. The summed E-state index contributed by atoms with van der Waals surface area (Å²) in [5.41, 5.74) is 0.945. The maximum atomic E-state index is 5.26. The van der Waals surface area contributed by atoms with Crippen LogP contribution in [0.25, 0.3) is 5.70 Å². The zero-order chi connectivity index (χ0) is 11.5. The molecule has 4 nitrogen and oxygen atoms in total. The predicted octanol–water partition coefficient (Wildman–Crippen LogP) is 1.67. The molecular formula is C12H19N3O. The second kappa shape index (κ2) is 4.70. The maximum Gasteiger partial charge on any atom is 0.181 e. The summed E-state index contributed by atoms with van der Waals surface area (Å²) < 4.78 is 5.26. The third-order valence-corrected chi connectivity index (χ3v) is 3.14. The lowest BCUT2D eigenvalue weighted by Crippen LogP contribution is -2.47. The van der Waals surface area contributed by atoms with Gasteiger partial charge in [0.1, 0.15) is 0 Å². The zero-order valence-corrected chi connectivity index (χ0v) is 10.0. The Hall–Kier alpha value is -1.29. The van der Waals surface area contributed by atoms with Crippen molar-refractivity contribution < 1.29 is 4.42 Å². The van der Waals surface area contributed by atoms with Crippen molar-refractivity contribution in [3.05, 3.63) is 24.9 Å². The van der Waals surface area contributed by atoms with E-state index in [-0.39, 0.29) is 0 Å². The van der Waals surface area contributed by atoms with Crippen molar-refractivity contribution >= 4 is 5.70 Å². The normalized spacial score (nSPS) is 18.1. The molecule has 0 spiro atoms. The Morgan fingerprint density at radius 1 is 1.38 bits per heavy atom. The fraction of sp³-hybridized carbons (Fsp3) is 0.583. The van der Waals surface area contributed by atoms with Gasteiger partial charge in [-0.2, -0.15) is 0 Å². The fourth-order valence-corrected chi connectivity index (χ4v) is 2.02. The highest BCUT2D eigenvalue weighted by molar-refractivity contribution is 5.56. The van der Waals surface area contributed by atoms with Crippen LogP contribution in [0, 0.1) is 0 Å². The van der Waals surface area contributed by atoms with Gasteiger partial charge in [0.25, 0.3) is 0 Å². The molecule has 0 aromatic carbocycles. The van der Waals surface area contributed by atoms with Gasteiger partial charge in [0, 0.05) is 32.2 Å². The minimum Gasteiger partial charge on any atom is -0.442 e. The van der Waals surface area contributed by atoms with Crippen molar-refractivity contribution in [1.82, 2.24) is 14.8 Å². The Labute approximate surface area is 96.6 Å². The van der Waals surface area contributed by atoms with E-state index in [0.29, 0.717) is 6.04 Å². The molecule has 0 bridgehead atoms. The van der Waals surface area contributed by atoms with Crippen LogP contribution in [0.1, 0.15) is 19.6 Å². The van der Waals surface area contributed by atoms with Gasteiger partial charge < -0.3 is 9.32 Å². The van der Waals surface area contributed by atoms with Gasteiger partial charge in [0.05, 0.1) is 11.9 Å². The number of piperazine rings is 1. The highest BCUT2D eigenvalue weighted by Crippen LogP contribution is 2.18. The van der Waals surface area contributed by atoms with Crippen LogP contribution >= 0.6 is 0 Å². The van der Waals surface area contributed by atoms with Crippen LogP contribution in [-0.2, 0) is 0 Å². The fourth-order valence-electron chi connectivity index (χ4n) is 2.02. The molecule has 1 saturated heterocycles. The minimum atomic E-state index is 0.626. The molecule has 4 heteroatoms. The number of hydrogen-bond acceptors (Lipinski definition) is 4. The van der Waals surface area contributed by atoms with E-state index in [9.17, 15) is 0 Å². The summed E-state index contributed by atoms with van der Waals surface area (Å²) >= 11 is 0. The maximum absolute atomic E-state index is 5.26. The highest BCUT2D eigenvalue weighted by atomic mass is 16.3. The third kappa shape index (κ3) is 2.27. The quantitative estimate of drug-likeness (QED) is 0.777. The molecule has 1 fully saturated rings. The number of rotatable bonds is 3. The van der Waals surface area contributed by atoms with Gasteiger partial charge in [0.15, 0.2) is 12.2 Å². The summed E-state index contributed by atoms with van der Waals surface area (Å²) in [7, 11) is 0. The van der Waals surface area contributed by atoms with E-state index >= 15 is 0 Å². The lowest BCUT2D eigenvalue weighted by molar-refractivity contribution is 0.142. The van der Waals surface area contributed by atoms with Gasteiger partial charge >= 0.3 is 0 Å². The first-order valence-electron chi connectivity index (χ1n) is 5.75. The van der Waals surface area contributed by atoms with Gasteiger partial charge in [-0.25, -0.2) is 4.98 Å². The zero-order valence-electron chi connectivity index (χ0n) is 10.0. The Morgan fingerprint density at radius 3 is 2.56 bits per heavy atom. The van der Waals surface area contributed by atoms with Crippen molar-refractivity contribution in [2.75, 3.05) is 26.2 Å². The van der Waals surface area contributed by atoms with Crippen LogP contribution < -0.4 is 0 Å². The first-order chi connectivity index (χ1) is 7.68.